The summed E-state index contributed by atoms with van der Waals surface area (Å²) in [5, 5.41) is 7.64. The molecule has 2 heterocycles. The number of rotatable bonds is 6. The predicted molar refractivity (Wildman–Crippen MR) is 219 cm³/mol. The zero-order valence-electron chi connectivity index (χ0n) is 31.5. The van der Waals surface area contributed by atoms with Crippen LogP contribution in [0.5, 0.6) is 0 Å². The number of nitrogens with zero attached hydrogens (tertiary/aromatic N) is 2. The zero-order valence-corrected chi connectivity index (χ0v) is 34.6. The van der Waals surface area contributed by atoms with E-state index in [0.717, 1.165) is 11.4 Å². The quantitative estimate of drug-likeness (QED) is 0.0920. The van der Waals surface area contributed by atoms with E-state index in [2.05, 4.69) is 188 Å². The van der Waals surface area contributed by atoms with Crippen LogP contribution in [0.1, 0.15) is 101 Å². The second-order valence-electron chi connectivity index (χ2n) is 15.5. The fraction of sp³-hybridized carbons (Fsp3) is 0.311. The summed E-state index contributed by atoms with van der Waals surface area (Å²) in [6.07, 6.45) is 4.00. The molecule has 1 radical (unpaired) electrons. The van der Waals surface area contributed by atoms with Crippen LogP contribution in [0, 0.1) is 0 Å². The Hall–Kier alpha value is -3.41. The van der Waals surface area contributed by atoms with Crippen LogP contribution in [-0.4, -0.2) is 20.9 Å². The second-order valence-corrected chi connectivity index (χ2v) is 19.8. The number of benzene rings is 5. The molecule has 2 aliphatic heterocycles. The largest absolute Gasteiger partial charge is 0.658 e. The van der Waals surface area contributed by atoms with Gasteiger partial charge < -0.3 is 9.89 Å². The van der Waals surface area contributed by atoms with E-state index in [9.17, 15) is 0 Å². The average molecular weight is 857 g/mol. The number of para-hydroxylation sites is 4. The molecule has 0 aromatic heterocycles. The number of hydrogen-bond donors (Lipinski definition) is 0. The van der Waals surface area contributed by atoms with E-state index in [1.54, 1.807) is 0 Å². The molecule has 0 atom stereocenters. The Morgan fingerprint density at radius 3 is 1.44 bits per heavy atom. The van der Waals surface area contributed by atoms with E-state index in [4.69, 9.17) is 5.32 Å². The Morgan fingerprint density at radius 1 is 0.540 bits per heavy atom. The minimum atomic E-state index is -1.53. The molecule has 0 bridgehead atoms. The van der Waals surface area contributed by atoms with Gasteiger partial charge in [0.15, 0.2) is 0 Å². The second kappa shape index (κ2) is 15.5. The van der Waals surface area contributed by atoms with Crippen molar-refractivity contribution >= 4 is 64.9 Å². The minimum Gasteiger partial charge on any atom is -0.658 e. The molecule has 0 amide bonds. The molecule has 5 heteroatoms. The van der Waals surface area contributed by atoms with Crippen molar-refractivity contribution < 1.29 is 22.4 Å². The first-order chi connectivity index (χ1) is 23.4. The van der Waals surface area contributed by atoms with Crippen molar-refractivity contribution in [3.63, 3.8) is 0 Å². The van der Waals surface area contributed by atoms with Crippen LogP contribution >= 0.6 is 0 Å². The first-order valence-corrected chi connectivity index (χ1v) is 21.2. The third kappa shape index (κ3) is 7.06. The molecular formula is C45H52AuBN2Si-. The van der Waals surface area contributed by atoms with E-state index in [1.165, 1.54) is 54.9 Å². The van der Waals surface area contributed by atoms with Gasteiger partial charge in [0.2, 0.25) is 6.71 Å². The molecule has 0 fully saturated rings. The molecule has 0 N–H and O–H groups in total. The van der Waals surface area contributed by atoms with Crippen LogP contribution in [0.25, 0.3) is 5.32 Å². The van der Waals surface area contributed by atoms with Crippen LogP contribution in [0.3, 0.4) is 0 Å². The van der Waals surface area contributed by atoms with E-state index in [-0.39, 0.29) is 29.1 Å². The molecule has 0 aliphatic carbocycles. The van der Waals surface area contributed by atoms with E-state index < -0.39 is 8.07 Å². The molecule has 5 aromatic carbocycles. The van der Waals surface area contributed by atoms with Crippen LogP contribution in [0.2, 0.25) is 13.1 Å². The summed E-state index contributed by atoms with van der Waals surface area (Å²) in [5.41, 5.74) is 13.4. The maximum absolute atomic E-state index is 4.74. The smallest absolute Gasteiger partial charge is 0.238 e. The van der Waals surface area contributed by atoms with Gasteiger partial charge in [-0.1, -0.05) is 204 Å². The van der Waals surface area contributed by atoms with Gasteiger partial charge in [0.05, 0.1) is 11.8 Å². The predicted octanol–water partition coefficient (Wildman–Crippen LogP) is 10.3. The fourth-order valence-corrected chi connectivity index (χ4v) is 10.7. The molecule has 0 unspecified atom stereocenters. The summed E-state index contributed by atoms with van der Waals surface area (Å²) in [6.45, 7) is 23.4. The molecule has 7 rings (SSSR count). The molecule has 50 heavy (non-hydrogen) atoms. The normalized spacial score (nSPS) is 14.0. The SMILES string of the molecule is CC(C)c1cccc(C(C)C)c1B1[C-]=[N+](c2c(C(C)C)cccc2C(C)C)c2ccccc21.C[Si]1(C)c2ccccc2[N-]c2ccccc21.[Au]. The van der Waals surface area contributed by atoms with E-state index in [0.29, 0.717) is 23.7 Å². The Labute approximate surface area is 319 Å². The van der Waals surface area contributed by atoms with Crippen molar-refractivity contribution in [2.24, 2.45) is 0 Å². The van der Waals surface area contributed by atoms with Crippen molar-refractivity contribution in [3.8, 4) is 0 Å². The summed E-state index contributed by atoms with van der Waals surface area (Å²) in [4.78, 5) is 0. The number of hydrogen-bond acceptors (Lipinski definition) is 0. The summed E-state index contributed by atoms with van der Waals surface area (Å²) in [5.74, 6) is 1.83. The minimum absolute atomic E-state index is 0. The standard InChI is InChI=1S/C31H38BN.C14H14NSi.Au/c1-20(2)24-13-11-14-25(21(3)4)30(24)32-19-33(29-18-10-9-17-28(29)32)31-26(22(5)6)15-12-16-27(31)23(7)8;1-16(2)13-9-5-3-7-11(13)15-12-8-4-6-10-14(12)16;/h9-18,20-23H,1-8H3;3-10H,1-2H3;/q;-1;. The summed E-state index contributed by atoms with van der Waals surface area (Å²) in [7, 11) is -1.53. The summed E-state index contributed by atoms with van der Waals surface area (Å²) < 4.78 is 2.39. The van der Waals surface area contributed by atoms with E-state index >= 15 is 0 Å². The molecule has 5 aromatic rings. The van der Waals surface area contributed by atoms with Gasteiger partial charge in [-0.2, -0.15) is 0 Å². The van der Waals surface area contributed by atoms with Crippen molar-refractivity contribution in [1.29, 1.82) is 0 Å². The first-order valence-electron chi connectivity index (χ1n) is 18.2. The van der Waals surface area contributed by atoms with E-state index in [1.807, 2.05) is 0 Å². The third-order valence-corrected chi connectivity index (χ3v) is 14.0. The topological polar surface area (TPSA) is 17.1 Å². The zero-order chi connectivity index (χ0) is 35.0. The van der Waals surface area contributed by atoms with Gasteiger partial charge in [-0.3, -0.25) is 0 Å². The fourth-order valence-electron chi connectivity index (χ4n) is 7.79. The monoisotopic (exact) mass is 856 g/mol. The Balaban J connectivity index is 0.000000238. The van der Waals surface area contributed by atoms with Crippen LogP contribution in [0.15, 0.2) is 109 Å². The average Bonchev–Trinajstić information content (AvgIpc) is 3.47. The maximum Gasteiger partial charge on any atom is 0.238 e. The van der Waals surface area contributed by atoms with Gasteiger partial charge in [0, 0.05) is 22.4 Å². The molecule has 2 aliphatic rings. The summed E-state index contributed by atoms with van der Waals surface area (Å²) in [6, 6.07) is 39.7. The van der Waals surface area contributed by atoms with Gasteiger partial charge in [-0.25, -0.2) is 0 Å². The first kappa shape index (κ1) is 37.8. The Morgan fingerprint density at radius 2 is 0.960 bits per heavy atom. The van der Waals surface area contributed by atoms with Gasteiger partial charge in [-0.15, -0.1) is 11.4 Å². The van der Waals surface area contributed by atoms with Crippen molar-refractivity contribution in [3.05, 3.63) is 137 Å². The molecule has 0 saturated carbocycles. The molecule has 0 saturated heterocycles. The molecular weight excluding hydrogens is 804 g/mol. The summed E-state index contributed by atoms with van der Waals surface area (Å²) >= 11 is 0. The Bertz CT molecular complexity index is 1910. The molecule has 2 nitrogen and oxygen atoms in total. The Kier molecular flexibility index (Phi) is 11.7. The van der Waals surface area contributed by atoms with Crippen molar-refractivity contribution in [2.75, 3.05) is 0 Å². The van der Waals surface area contributed by atoms with Gasteiger partial charge in [0.1, 0.15) is 13.8 Å². The molecule has 0 spiro atoms. The van der Waals surface area contributed by atoms with Crippen molar-refractivity contribution in [1.82, 2.24) is 4.58 Å². The maximum atomic E-state index is 4.74. The van der Waals surface area contributed by atoms with Gasteiger partial charge in [-0.05, 0) is 40.9 Å². The number of fused-ring (bicyclic) bond motifs is 3. The molecule has 261 valence electrons. The van der Waals surface area contributed by atoms with Crippen LogP contribution in [-0.2, 0) is 22.4 Å². The van der Waals surface area contributed by atoms with Crippen LogP contribution < -0.4 is 25.9 Å². The van der Waals surface area contributed by atoms with Crippen LogP contribution in [0.4, 0.5) is 22.7 Å². The van der Waals surface area contributed by atoms with Crippen molar-refractivity contribution in [2.45, 2.75) is 92.2 Å². The third-order valence-electron chi connectivity index (χ3n) is 10.4. The van der Waals surface area contributed by atoms with Gasteiger partial charge in [0.25, 0.3) is 0 Å². The van der Waals surface area contributed by atoms with Gasteiger partial charge >= 0.3 is 0 Å².